The minimum atomic E-state index is -0.931. The minimum absolute atomic E-state index is 0.120. The summed E-state index contributed by atoms with van der Waals surface area (Å²) in [5, 5.41) is 2.75. The van der Waals surface area contributed by atoms with E-state index in [9.17, 15) is 19.2 Å². The van der Waals surface area contributed by atoms with Crippen molar-refractivity contribution in [3.63, 3.8) is 0 Å². The standard InChI is InChI=1S/C23H25N5O6S2/c1-3-34-18(29)13-15-20(30)24-7-9-26(15)19-14(21(31)27-8-5-4-6-17(27)25-19)12-16-22(32)28(10-11-33-2)23(35)36-16/h4-6,8,12,15H,3,7,9-11,13H2,1-2H3,(H,24,30)/b16-12-/t15-/m1/s1. The van der Waals surface area contributed by atoms with Crippen molar-refractivity contribution in [2.24, 2.45) is 0 Å². The molecule has 0 aliphatic carbocycles. The van der Waals surface area contributed by atoms with Crippen LogP contribution in [0.4, 0.5) is 5.82 Å². The molecule has 4 rings (SSSR count). The number of hydrogen-bond donors (Lipinski definition) is 1. The lowest BCUT2D eigenvalue weighted by Gasteiger charge is -2.36. The highest BCUT2D eigenvalue weighted by molar-refractivity contribution is 8.26. The molecule has 2 fully saturated rings. The van der Waals surface area contributed by atoms with Gasteiger partial charge in [-0.1, -0.05) is 30.0 Å². The Balaban J connectivity index is 1.83. The third-order valence-electron chi connectivity index (χ3n) is 5.69. The predicted molar refractivity (Wildman–Crippen MR) is 139 cm³/mol. The Morgan fingerprint density at radius 3 is 2.89 bits per heavy atom. The van der Waals surface area contributed by atoms with Crippen molar-refractivity contribution in [3.05, 3.63) is 45.2 Å². The second kappa shape index (κ2) is 11.2. The number of nitrogens with zero attached hydrogens (tertiary/aromatic N) is 4. The van der Waals surface area contributed by atoms with Crippen molar-refractivity contribution in [2.75, 3.05) is 44.9 Å². The zero-order valence-corrected chi connectivity index (χ0v) is 21.4. The number of thioether (sulfide) groups is 1. The molecule has 190 valence electrons. The number of nitrogens with one attached hydrogen (secondary N) is 1. The van der Waals surface area contributed by atoms with Crippen molar-refractivity contribution in [2.45, 2.75) is 19.4 Å². The van der Waals surface area contributed by atoms with Gasteiger partial charge in [0.05, 0.1) is 36.6 Å². The number of ether oxygens (including phenoxy) is 2. The molecule has 1 N–H and O–H groups in total. The van der Waals surface area contributed by atoms with Gasteiger partial charge in [-0.3, -0.25) is 28.5 Å². The number of aromatic nitrogens is 2. The molecule has 0 spiro atoms. The van der Waals surface area contributed by atoms with Crippen molar-refractivity contribution >= 4 is 63.6 Å². The molecule has 2 aromatic rings. The Bertz CT molecular complexity index is 1310. The fourth-order valence-electron chi connectivity index (χ4n) is 3.99. The summed E-state index contributed by atoms with van der Waals surface area (Å²) in [6, 6.07) is 4.18. The van der Waals surface area contributed by atoms with Crippen molar-refractivity contribution < 1.29 is 23.9 Å². The molecule has 2 aromatic heterocycles. The summed E-state index contributed by atoms with van der Waals surface area (Å²) in [5.41, 5.74) is 0.0660. The molecule has 2 aliphatic rings. The number of methoxy groups -OCH3 is 1. The molecule has 13 heteroatoms. The number of carbonyl (C=O) groups excluding carboxylic acids is 3. The van der Waals surface area contributed by atoms with Crippen molar-refractivity contribution in [1.82, 2.24) is 19.6 Å². The molecule has 0 saturated carbocycles. The number of pyridine rings is 1. The fraction of sp³-hybridized carbons (Fsp3) is 0.391. The first kappa shape index (κ1) is 25.8. The lowest BCUT2D eigenvalue weighted by molar-refractivity contribution is -0.145. The summed E-state index contributed by atoms with van der Waals surface area (Å²) < 4.78 is 11.8. The van der Waals surface area contributed by atoms with Gasteiger partial charge in [-0.25, -0.2) is 4.98 Å². The van der Waals surface area contributed by atoms with Crippen LogP contribution in [0.1, 0.15) is 18.9 Å². The zero-order chi connectivity index (χ0) is 25.8. The van der Waals surface area contributed by atoms with Gasteiger partial charge in [-0.15, -0.1) is 0 Å². The summed E-state index contributed by atoms with van der Waals surface area (Å²) in [7, 11) is 1.53. The number of thiocarbonyl (C=S) groups is 1. The average Bonchev–Trinajstić information content (AvgIpc) is 3.12. The van der Waals surface area contributed by atoms with Crippen LogP contribution in [0.15, 0.2) is 34.1 Å². The summed E-state index contributed by atoms with van der Waals surface area (Å²) in [6.07, 6.45) is 2.83. The highest BCUT2D eigenvalue weighted by Crippen LogP contribution is 2.34. The van der Waals surface area contributed by atoms with Gasteiger partial charge in [0.15, 0.2) is 0 Å². The molecule has 0 bridgehead atoms. The third-order valence-corrected chi connectivity index (χ3v) is 7.06. The third kappa shape index (κ3) is 5.13. The lowest BCUT2D eigenvalue weighted by atomic mass is 10.1. The van der Waals surface area contributed by atoms with E-state index >= 15 is 0 Å². The smallest absolute Gasteiger partial charge is 0.308 e. The van der Waals surface area contributed by atoms with E-state index in [2.05, 4.69) is 10.3 Å². The number of piperazine rings is 1. The van der Waals surface area contributed by atoms with E-state index < -0.39 is 17.6 Å². The summed E-state index contributed by atoms with van der Waals surface area (Å²) in [6.45, 7) is 3.06. The van der Waals surface area contributed by atoms with Crippen LogP contribution in [0.5, 0.6) is 0 Å². The fourth-order valence-corrected chi connectivity index (χ4v) is 5.28. The van der Waals surface area contributed by atoms with Crippen LogP contribution < -0.4 is 15.8 Å². The number of fused-ring (bicyclic) bond motifs is 1. The number of carbonyl (C=O) groups is 3. The molecule has 2 amide bonds. The monoisotopic (exact) mass is 531 g/mol. The minimum Gasteiger partial charge on any atom is -0.466 e. The maximum Gasteiger partial charge on any atom is 0.308 e. The maximum absolute atomic E-state index is 13.6. The van der Waals surface area contributed by atoms with Gasteiger partial charge >= 0.3 is 5.97 Å². The van der Waals surface area contributed by atoms with Crippen LogP contribution in [0.25, 0.3) is 11.7 Å². The second-order valence-corrected chi connectivity index (χ2v) is 9.59. The van der Waals surface area contributed by atoms with E-state index in [0.29, 0.717) is 29.7 Å². The predicted octanol–water partition coefficient (Wildman–Crippen LogP) is 0.800. The molecule has 0 unspecified atom stereocenters. The molecule has 0 aromatic carbocycles. The van der Waals surface area contributed by atoms with Crippen LogP contribution in [-0.2, 0) is 23.9 Å². The van der Waals surface area contributed by atoms with Crippen LogP contribution in [-0.4, -0.2) is 82.4 Å². The molecule has 11 nitrogen and oxygen atoms in total. The molecule has 1 atom stereocenters. The summed E-state index contributed by atoms with van der Waals surface area (Å²) >= 11 is 6.44. The SMILES string of the molecule is CCOC(=O)C[C@@H]1C(=O)NCCN1c1nc2ccccn2c(=O)c1/C=C1\SC(=S)N(CCOC)C1=O. The highest BCUT2D eigenvalue weighted by atomic mass is 32.2. The molecule has 2 aliphatic heterocycles. The number of anilines is 1. The largest absolute Gasteiger partial charge is 0.466 e. The number of hydrogen-bond acceptors (Lipinski definition) is 10. The Morgan fingerprint density at radius 2 is 2.14 bits per heavy atom. The van der Waals surface area contributed by atoms with Crippen LogP contribution >= 0.6 is 24.0 Å². The van der Waals surface area contributed by atoms with Gasteiger partial charge in [0.1, 0.15) is 21.8 Å². The quantitative estimate of drug-likeness (QED) is 0.297. The van der Waals surface area contributed by atoms with Gasteiger partial charge < -0.3 is 19.7 Å². The molecule has 36 heavy (non-hydrogen) atoms. The van der Waals surface area contributed by atoms with Gasteiger partial charge in [-0.05, 0) is 25.1 Å². The lowest BCUT2D eigenvalue weighted by Crippen LogP contribution is -2.57. The maximum atomic E-state index is 13.6. The van der Waals surface area contributed by atoms with Gasteiger partial charge in [-0.2, -0.15) is 0 Å². The number of amides is 2. The zero-order valence-electron chi connectivity index (χ0n) is 19.8. The molecular weight excluding hydrogens is 506 g/mol. The highest BCUT2D eigenvalue weighted by Gasteiger charge is 2.36. The first-order valence-corrected chi connectivity index (χ1v) is 12.5. The van der Waals surface area contributed by atoms with Gasteiger partial charge in [0.25, 0.3) is 11.5 Å². The van der Waals surface area contributed by atoms with E-state index in [1.54, 1.807) is 36.2 Å². The Morgan fingerprint density at radius 1 is 1.33 bits per heavy atom. The number of esters is 1. The Kier molecular flexibility index (Phi) is 8.01. The van der Waals surface area contributed by atoms with Crippen molar-refractivity contribution in [3.8, 4) is 0 Å². The number of rotatable bonds is 8. The Labute approximate surface area is 216 Å². The summed E-state index contributed by atoms with van der Waals surface area (Å²) in [4.78, 5) is 59.7. The normalized spacial score (nSPS) is 19.3. The van der Waals surface area contributed by atoms with Gasteiger partial charge in [0, 0.05) is 26.4 Å². The van der Waals surface area contributed by atoms with Crippen LogP contribution in [0.3, 0.4) is 0 Å². The van der Waals surface area contributed by atoms with E-state index in [1.807, 2.05) is 0 Å². The van der Waals surface area contributed by atoms with E-state index in [0.717, 1.165) is 11.8 Å². The second-order valence-electron chi connectivity index (χ2n) is 7.92. The molecule has 0 radical (unpaired) electrons. The van der Waals surface area contributed by atoms with Crippen LogP contribution in [0.2, 0.25) is 0 Å². The van der Waals surface area contributed by atoms with E-state index in [1.165, 1.54) is 22.5 Å². The van der Waals surface area contributed by atoms with E-state index in [-0.39, 0.29) is 47.7 Å². The van der Waals surface area contributed by atoms with Crippen LogP contribution in [0, 0.1) is 0 Å². The topological polar surface area (TPSA) is 123 Å². The summed E-state index contributed by atoms with van der Waals surface area (Å²) in [5.74, 6) is -1.05. The first-order valence-electron chi connectivity index (χ1n) is 11.3. The van der Waals surface area contributed by atoms with Gasteiger partial charge in [0.2, 0.25) is 5.91 Å². The molecular formula is C23H25N5O6S2. The first-order chi connectivity index (χ1) is 17.3. The van der Waals surface area contributed by atoms with E-state index in [4.69, 9.17) is 21.7 Å². The Hall–Kier alpha value is -3.29. The average molecular weight is 532 g/mol. The molecule has 4 heterocycles. The molecule has 2 saturated heterocycles. The van der Waals surface area contributed by atoms with Crippen molar-refractivity contribution in [1.29, 1.82) is 0 Å².